The van der Waals surface area contributed by atoms with Crippen molar-refractivity contribution in [3.63, 3.8) is 0 Å². The summed E-state index contributed by atoms with van der Waals surface area (Å²) in [6, 6.07) is 6.41. The minimum atomic E-state index is -2.97. The second-order valence-electron chi connectivity index (χ2n) is 6.56. The van der Waals surface area contributed by atoms with Crippen LogP contribution in [0.15, 0.2) is 24.3 Å². The van der Waals surface area contributed by atoms with E-state index in [-0.39, 0.29) is 34.3 Å². The van der Waals surface area contributed by atoms with Gasteiger partial charge in [0.05, 0.1) is 0 Å². The largest absolute Gasteiger partial charge is 0.507 e. The number of aromatic hydroxyl groups is 1. The van der Waals surface area contributed by atoms with Crippen molar-refractivity contribution in [3.8, 4) is 5.75 Å². The smallest absolute Gasteiger partial charge is 0.268 e. The molecule has 1 aromatic carbocycles. The quantitative estimate of drug-likeness (QED) is 0.290. The summed E-state index contributed by atoms with van der Waals surface area (Å²) >= 11 is 0. The van der Waals surface area contributed by atoms with Gasteiger partial charge >= 0.3 is 0 Å². The highest BCUT2D eigenvalue weighted by Crippen LogP contribution is 2.39. The molecule has 1 unspecified atom stereocenters. The molecule has 1 aliphatic heterocycles. The number of aromatic amines is 1. The van der Waals surface area contributed by atoms with Crippen LogP contribution in [-0.2, 0) is 4.74 Å². The number of para-hydroxylation sites is 1. The number of H-pyrrole nitrogens is 1. The molecule has 0 bridgehead atoms. The number of phenols is 1. The van der Waals surface area contributed by atoms with Crippen LogP contribution in [0.4, 0.5) is 14.6 Å². The summed E-state index contributed by atoms with van der Waals surface area (Å²) in [6.07, 6.45) is -2.29. The fourth-order valence-electron chi connectivity index (χ4n) is 3.43. The van der Waals surface area contributed by atoms with E-state index in [4.69, 9.17) is 16.2 Å². The van der Waals surface area contributed by atoms with Gasteiger partial charge in [-0.1, -0.05) is 12.1 Å². The lowest BCUT2D eigenvalue weighted by Gasteiger charge is -2.24. The molecule has 10 heteroatoms. The van der Waals surface area contributed by atoms with Crippen LogP contribution in [0.3, 0.4) is 0 Å². The number of hydrogen-bond acceptors (Lipinski definition) is 7. The summed E-state index contributed by atoms with van der Waals surface area (Å²) in [6.45, 7) is 1.03. The number of anilines is 1. The van der Waals surface area contributed by atoms with E-state index in [9.17, 15) is 19.0 Å². The van der Waals surface area contributed by atoms with Crippen LogP contribution < -0.4 is 23.2 Å². The van der Waals surface area contributed by atoms with Gasteiger partial charge in [0.2, 0.25) is 0 Å². The van der Waals surface area contributed by atoms with Crippen LogP contribution in [0.2, 0.25) is 0 Å². The monoisotopic (exact) mass is 411 g/mol. The zero-order valence-electron chi connectivity index (χ0n) is 15.8. The number of aliphatic hydroxyl groups excluding tert-OH is 1. The number of halogens is 2. The Balaban J connectivity index is 0.00000145. The van der Waals surface area contributed by atoms with Gasteiger partial charge in [-0.05, 0) is 31.1 Å². The number of hydrogen-bond donors (Lipinski definition) is 7. The molecule has 1 atom stereocenters. The number of aromatic nitrogens is 1. The molecule has 0 amide bonds. The first-order valence-corrected chi connectivity index (χ1v) is 9.04. The Morgan fingerprint density at radius 2 is 1.83 bits per heavy atom. The molecule has 2 aromatic rings. The molecular formula is C19H27F2N5O3. The van der Waals surface area contributed by atoms with E-state index in [2.05, 4.69) is 16.7 Å². The molecule has 2 heterocycles. The molecule has 0 spiro atoms. The first kappa shape index (κ1) is 22.6. The SMILES string of the molecule is N/C(=C\c1c(N)[nH]c(C2CCOCC2)c1C(O)C(F)F)c1ccccc1O.NN. The van der Waals surface area contributed by atoms with E-state index in [0.717, 1.165) is 0 Å². The normalized spacial score (nSPS) is 16.4. The molecule has 11 N–H and O–H groups in total. The number of nitrogens with two attached hydrogens (primary N) is 4. The van der Waals surface area contributed by atoms with E-state index in [0.29, 0.717) is 37.3 Å². The number of phenolic OH excluding ortho intramolecular Hbond substituents is 1. The number of benzene rings is 1. The van der Waals surface area contributed by atoms with Crippen molar-refractivity contribution in [2.24, 2.45) is 17.4 Å². The van der Waals surface area contributed by atoms with Gasteiger partial charge in [-0.25, -0.2) is 8.78 Å². The Hall–Kier alpha value is -2.66. The summed E-state index contributed by atoms with van der Waals surface area (Å²) < 4.78 is 32.0. The maximum Gasteiger partial charge on any atom is 0.268 e. The average Bonchev–Trinajstić information content (AvgIpc) is 3.05. The summed E-state index contributed by atoms with van der Waals surface area (Å²) in [5.41, 5.74) is 13.4. The number of alkyl halides is 2. The number of hydrazine groups is 1. The van der Waals surface area contributed by atoms with Gasteiger partial charge in [0.15, 0.2) is 0 Å². The maximum absolute atomic E-state index is 13.4. The minimum absolute atomic E-state index is 0.0408. The fourth-order valence-corrected chi connectivity index (χ4v) is 3.43. The van der Waals surface area contributed by atoms with Gasteiger partial charge in [0.25, 0.3) is 6.43 Å². The standard InChI is InChI=1S/C19H23F2N3O3.H4N2/c20-18(21)17(26)15-12(9-13(22)11-3-1-2-4-14(11)25)19(23)24-16(15)10-5-7-27-8-6-10;1-2/h1-4,9-10,17-18,24-26H,5-8,22-23H2;1-2H2/b13-9-;. The highest BCUT2D eigenvalue weighted by Gasteiger charge is 2.32. The lowest BCUT2D eigenvalue weighted by Crippen LogP contribution is -2.18. The number of nitrogens with one attached hydrogen (secondary N) is 1. The van der Waals surface area contributed by atoms with Crippen molar-refractivity contribution in [3.05, 3.63) is 46.6 Å². The molecule has 1 saturated heterocycles. The Kier molecular flexibility index (Phi) is 7.97. The molecule has 0 radical (unpaired) electrons. The van der Waals surface area contributed by atoms with Gasteiger partial charge in [0.1, 0.15) is 17.7 Å². The van der Waals surface area contributed by atoms with Gasteiger partial charge in [0, 0.05) is 47.2 Å². The zero-order chi connectivity index (χ0) is 21.6. The molecule has 29 heavy (non-hydrogen) atoms. The Bertz CT molecular complexity index is 835. The van der Waals surface area contributed by atoms with Crippen molar-refractivity contribution < 1.29 is 23.7 Å². The van der Waals surface area contributed by atoms with Crippen LogP contribution in [-0.4, -0.2) is 34.8 Å². The third-order valence-corrected chi connectivity index (χ3v) is 4.82. The van der Waals surface area contributed by atoms with Gasteiger partial charge < -0.3 is 31.4 Å². The third-order valence-electron chi connectivity index (χ3n) is 4.82. The molecule has 160 valence electrons. The number of rotatable bonds is 5. The summed E-state index contributed by atoms with van der Waals surface area (Å²) in [7, 11) is 0. The van der Waals surface area contributed by atoms with E-state index in [1.807, 2.05) is 0 Å². The summed E-state index contributed by atoms with van der Waals surface area (Å²) in [4.78, 5) is 2.96. The topological polar surface area (TPSA) is 170 Å². The third kappa shape index (κ3) is 5.04. The van der Waals surface area contributed by atoms with Crippen LogP contribution in [0.25, 0.3) is 11.8 Å². The van der Waals surface area contributed by atoms with Crippen molar-refractivity contribution >= 4 is 17.6 Å². The van der Waals surface area contributed by atoms with Crippen molar-refractivity contribution in [1.82, 2.24) is 4.98 Å². The van der Waals surface area contributed by atoms with Gasteiger partial charge in [-0.15, -0.1) is 0 Å². The molecule has 0 aliphatic carbocycles. The van der Waals surface area contributed by atoms with E-state index >= 15 is 0 Å². The molecule has 1 aliphatic rings. The molecular weight excluding hydrogens is 384 g/mol. The number of ether oxygens (including phenoxy) is 1. The van der Waals surface area contributed by atoms with Crippen LogP contribution >= 0.6 is 0 Å². The van der Waals surface area contributed by atoms with Crippen LogP contribution in [0.5, 0.6) is 5.75 Å². The second-order valence-corrected chi connectivity index (χ2v) is 6.56. The van der Waals surface area contributed by atoms with Crippen molar-refractivity contribution in [1.29, 1.82) is 0 Å². The van der Waals surface area contributed by atoms with E-state index in [1.54, 1.807) is 18.2 Å². The van der Waals surface area contributed by atoms with Crippen molar-refractivity contribution in [2.75, 3.05) is 18.9 Å². The van der Waals surface area contributed by atoms with E-state index in [1.165, 1.54) is 12.1 Å². The molecule has 1 fully saturated rings. The van der Waals surface area contributed by atoms with Crippen LogP contribution in [0, 0.1) is 0 Å². The predicted octanol–water partition coefficient (Wildman–Crippen LogP) is 1.77. The van der Waals surface area contributed by atoms with Crippen LogP contribution in [0.1, 0.15) is 47.2 Å². The Morgan fingerprint density at radius 3 is 2.41 bits per heavy atom. The lowest BCUT2D eigenvalue weighted by atomic mass is 9.90. The number of nitrogen functional groups attached to an aromatic ring is 1. The fraction of sp³-hybridized carbons (Fsp3) is 0.368. The summed E-state index contributed by atoms with van der Waals surface area (Å²) in [5.74, 6) is 8.03. The average molecular weight is 411 g/mol. The Labute approximate surface area is 167 Å². The molecule has 3 rings (SSSR count). The predicted molar refractivity (Wildman–Crippen MR) is 108 cm³/mol. The first-order chi connectivity index (χ1) is 13.9. The first-order valence-electron chi connectivity index (χ1n) is 9.04. The minimum Gasteiger partial charge on any atom is -0.507 e. The lowest BCUT2D eigenvalue weighted by molar-refractivity contribution is -0.00695. The van der Waals surface area contributed by atoms with E-state index < -0.39 is 12.5 Å². The highest BCUT2D eigenvalue weighted by atomic mass is 19.3. The molecule has 8 nitrogen and oxygen atoms in total. The summed E-state index contributed by atoms with van der Waals surface area (Å²) in [5, 5.41) is 20.1. The number of aliphatic hydroxyl groups is 1. The Morgan fingerprint density at radius 1 is 1.21 bits per heavy atom. The molecule has 1 aromatic heterocycles. The maximum atomic E-state index is 13.4. The van der Waals surface area contributed by atoms with Gasteiger partial charge in [-0.3, -0.25) is 11.7 Å². The van der Waals surface area contributed by atoms with Gasteiger partial charge in [-0.2, -0.15) is 0 Å². The zero-order valence-corrected chi connectivity index (χ0v) is 15.8. The second kappa shape index (κ2) is 10.2. The molecule has 0 saturated carbocycles. The highest BCUT2D eigenvalue weighted by molar-refractivity contribution is 5.86. The van der Waals surface area contributed by atoms with Crippen molar-refractivity contribution in [2.45, 2.75) is 31.3 Å².